The molecule has 1 aromatic carbocycles. The second-order valence-corrected chi connectivity index (χ2v) is 3.40. The highest BCUT2D eigenvalue weighted by Gasteiger charge is 2.04. The Morgan fingerprint density at radius 3 is 2.41 bits per heavy atom. The summed E-state index contributed by atoms with van der Waals surface area (Å²) in [5.41, 5.74) is 3.90. The fourth-order valence-corrected chi connectivity index (χ4v) is 1.22. The van der Waals surface area contributed by atoms with E-state index in [-0.39, 0.29) is 5.91 Å². The topological polar surface area (TPSA) is 56.8 Å². The monoisotopic (exact) mass is 239 g/mol. The molecule has 0 spiro atoms. The number of benzene rings is 1. The molecule has 0 saturated carbocycles. The standard InChI is InChI=1S/C12H17NO4/c1-15-7-8-17-13-12(14)11-5-3-10(4-6-11)9-16-2/h3-6H,7-9H2,1-2H3,(H,13,14). The summed E-state index contributed by atoms with van der Waals surface area (Å²) in [4.78, 5) is 16.5. The molecule has 0 aliphatic heterocycles. The first-order valence-corrected chi connectivity index (χ1v) is 5.27. The summed E-state index contributed by atoms with van der Waals surface area (Å²) in [5.74, 6) is -0.273. The van der Waals surface area contributed by atoms with E-state index in [1.54, 1.807) is 26.4 Å². The number of ether oxygens (including phenoxy) is 2. The number of rotatable bonds is 7. The minimum atomic E-state index is -0.273. The van der Waals surface area contributed by atoms with E-state index >= 15 is 0 Å². The molecule has 17 heavy (non-hydrogen) atoms. The van der Waals surface area contributed by atoms with Gasteiger partial charge in [-0.2, -0.15) is 0 Å². The van der Waals surface area contributed by atoms with Crippen LogP contribution in [-0.2, 0) is 20.9 Å². The first-order chi connectivity index (χ1) is 8.27. The molecule has 0 aromatic heterocycles. The van der Waals surface area contributed by atoms with Crippen LogP contribution < -0.4 is 5.48 Å². The van der Waals surface area contributed by atoms with Crippen molar-refractivity contribution in [3.63, 3.8) is 0 Å². The maximum absolute atomic E-state index is 11.6. The molecule has 1 rings (SSSR count). The third kappa shape index (κ3) is 4.95. The molecule has 0 heterocycles. The van der Waals surface area contributed by atoms with E-state index in [1.165, 1.54) is 0 Å². The molecule has 5 nitrogen and oxygen atoms in total. The highest BCUT2D eigenvalue weighted by atomic mass is 16.7. The number of amides is 1. The zero-order chi connectivity index (χ0) is 12.5. The van der Waals surface area contributed by atoms with Crippen molar-refractivity contribution in [2.45, 2.75) is 6.61 Å². The summed E-state index contributed by atoms with van der Waals surface area (Å²) in [6.07, 6.45) is 0. The maximum Gasteiger partial charge on any atom is 0.274 e. The summed E-state index contributed by atoms with van der Waals surface area (Å²) >= 11 is 0. The number of hydroxylamine groups is 1. The van der Waals surface area contributed by atoms with Crippen molar-refractivity contribution in [3.05, 3.63) is 35.4 Å². The summed E-state index contributed by atoms with van der Waals surface area (Å²) in [6, 6.07) is 7.13. The summed E-state index contributed by atoms with van der Waals surface area (Å²) in [6.45, 7) is 1.29. The minimum absolute atomic E-state index is 0.273. The van der Waals surface area contributed by atoms with E-state index in [2.05, 4.69) is 5.48 Å². The smallest absolute Gasteiger partial charge is 0.274 e. The predicted octanol–water partition coefficient (Wildman–Crippen LogP) is 1.14. The van der Waals surface area contributed by atoms with Gasteiger partial charge in [0.25, 0.3) is 5.91 Å². The van der Waals surface area contributed by atoms with E-state index in [0.717, 1.165) is 5.56 Å². The lowest BCUT2D eigenvalue weighted by Gasteiger charge is -2.06. The number of hydrogen-bond acceptors (Lipinski definition) is 4. The zero-order valence-electron chi connectivity index (χ0n) is 10.1. The largest absolute Gasteiger partial charge is 0.382 e. The molecule has 1 aromatic rings. The van der Waals surface area contributed by atoms with Crippen molar-refractivity contribution in [2.75, 3.05) is 27.4 Å². The van der Waals surface area contributed by atoms with Gasteiger partial charge in [0, 0.05) is 19.8 Å². The average Bonchev–Trinajstić information content (AvgIpc) is 2.36. The molecule has 0 aliphatic rings. The van der Waals surface area contributed by atoms with Crippen molar-refractivity contribution in [2.24, 2.45) is 0 Å². The van der Waals surface area contributed by atoms with Gasteiger partial charge in [-0.05, 0) is 17.7 Å². The lowest BCUT2D eigenvalue weighted by Crippen LogP contribution is -2.25. The second-order valence-electron chi connectivity index (χ2n) is 3.40. The van der Waals surface area contributed by atoms with Crippen molar-refractivity contribution in [3.8, 4) is 0 Å². The van der Waals surface area contributed by atoms with E-state index in [0.29, 0.717) is 25.4 Å². The number of nitrogens with one attached hydrogen (secondary N) is 1. The first-order valence-electron chi connectivity index (χ1n) is 5.27. The Balaban J connectivity index is 2.40. The average molecular weight is 239 g/mol. The van der Waals surface area contributed by atoms with Gasteiger partial charge in [-0.15, -0.1) is 0 Å². The Hall–Kier alpha value is -1.43. The van der Waals surface area contributed by atoms with E-state index in [9.17, 15) is 4.79 Å². The van der Waals surface area contributed by atoms with Gasteiger partial charge in [0.05, 0.1) is 19.8 Å². The molecule has 0 radical (unpaired) electrons. The summed E-state index contributed by atoms with van der Waals surface area (Å²) in [5, 5.41) is 0. The van der Waals surface area contributed by atoms with Gasteiger partial charge in [0.15, 0.2) is 0 Å². The molecule has 0 aliphatic carbocycles. The molecule has 94 valence electrons. The summed E-state index contributed by atoms with van der Waals surface area (Å²) in [7, 11) is 3.20. The number of carbonyl (C=O) groups excluding carboxylic acids is 1. The van der Waals surface area contributed by atoms with Crippen LogP contribution in [0.4, 0.5) is 0 Å². The molecular formula is C12H17NO4. The van der Waals surface area contributed by atoms with Crippen molar-refractivity contribution in [1.29, 1.82) is 0 Å². The minimum Gasteiger partial charge on any atom is -0.382 e. The van der Waals surface area contributed by atoms with Gasteiger partial charge >= 0.3 is 0 Å². The van der Waals surface area contributed by atoms with Crippen LogP contribution in [0.3, 0.4) is 0 Å². The Kier molecular flexibility index (Phi) is 6.24. The lowest BCUT2D eigenvalue weighted by atomic mass is 10.1. The van der Waals surface area contributed by atoms with Crippen LogP contribution >= 0.6 is 0 Å². The molecule has 0 saturated heterocycles. The zero-order valence-corrected chi connectivity index (χ0v) is 10.1. The number of hydrogen-bond donors (Lipinski definition) is 1. The maximum atomic E-state index is 11.6. The fraction of sp³-hybridized carbons (Fsp3) is 0.417. The molecule has 0 unspecified atom stereocenters. The van der Waals surface area contributed by atoms with E-state index in [1.807, 2.05) is 12.1 Å². The fourth-order valence-electron chi connectivity index (χ4n) is 1.22. The van der Waals surface area contributed by atoms with Gasteiger partial charge in [0.1, 0.15) is 0 Å². The lowest BCUT2D eigenvalue weighted by molar-refractivity contribution is 0.00888. The van der Waals surface area contributed by atoms with Crippen LogP contribution in [0.2, 0.25) is 0 Å². The van der Waals surface area contributed by atoms with Crippen molar-refractivity contribution >= 4 is 5.91 Å². The molecule has 0 atom stereocenters. The molecule has 5 heteroatoms. The van der Waals surface area contributed by atoms with Crippen LogP contribution in [0.5, 0.6) is 0 Å². The van der Waals surface area contributed by atoms with Crippen molar-refractivity contribution < 1.29 is 19.1 Å². The van der Waals surface area contributed by atoms with Crippen LogP contribution in [0.15, 0.2) is 24.3 Å². The Labute approximate surface area is 101 Å². The quantitative estimate of drug-likeness (QED) is 0.572. The number of methoxy groups -OCH3 is 2. The van der Waals surface area contributed by atoms with Crippen LogP contribution in [-0.4, -0.2) is 33.3 Å². The third-order valence-electron chi connectivity index (χ3n) is 2.08. The highest BCUT2D eigenvalue weighted by molar-refractivity contribution is 5.93. The third-order valence-corrected chi connectivity index (χ3v) is 2.08. The van der Waals surface area contributed by atoms with Gasteiger partial charge in [-0.1, -0.05) is 12.1 Å². The molecular weight excluding hydrogens is 222 g/mol. The number of carbonyl (C=O) groups is 1. The van der Waals surface area contributed by atoms with Gasteiger partial charge in [0.2, 0.25) is 0 Å². The van der Waals surface area contributed by atoms with Crippen molar-refractivity contribution in [1.82, 2.24) is 5.48 Å². The normalized spacial score (nSPS) is 10.2. The van der Waals surface area contributed by atoms with Crippen LogP contribution in [0.1, 0.15) is 15.9 Å². The van der Waals surface area contributed by atoms with E-state index < -0.39 is 0 Å². The predicted molar refractivity (Wildman–Crippen MR) is 62.4 cm³/mol. The SMILES string of the molecule is COCCONC(=O)c1ccc(COC)cc1. The molecule has 1 amide bonds. The van der Waals surface area contributed by atoms with Crippen LogP contribution in [0.25, 0.3) is 0 Å². The molecule has 1 N–H and O–H groups in total. The van der Waals surface area contributed by atoms with Gasteiger partial charge in [-0.3, -0.25) is 9.63 Å². The Morgan fingerprint density at radius 2 is 1.82 bits per heavy atom. The highest BCUT2D eigenvalue weighted by Crippen LogP contribution is 2.05. The van der Waals surface area contributed by atoms with Crippen LogP contribution in [0, 0.1) is 0 Å². The molecule has 0 bridgehead atoms. The summed E-state index contributed by atoms with van der Waals surface area (Å²) < 4.78 is 9.76. The second kappa shape index (κ2) is 7.78. The Bertz CT molecular complexity index is 337. The van der Waals surface area contributed by atoms with Gasteiger partial charge in [-0.25, -0.2) is 5.48 Å². The Morgan fingerprint density at radius 1 is 1.12 bits per heavy atom. The molecule has 0 fully saturated rings. The van der Waals surface area contributed by atoms with E-state index in [4.69, 9.17) is 14.3 Å². The first kappa shape index (κ1) is 13.6. The van der Waals surface area contributed by atoms with Gasteiger partial charge < -0.3 is 9.47 Å².